The second kappa shape index (κ2) is 6.54. The molecule has 5 nitrogen and oxygen atoms in total. The minimum absolute atomic E-state index is 0.00473. The van der Waals surface area contributed by atoms with Crippen LogP contribution >= 0.6 is 31.9 Å². The highest BCUT2D eigenvalue weighted by Gasteiger charge is 2.32. The van der Waals surface area contributed by atoms with Crippen molar-refractivity contribution in [1.82, 2.24) is 4.72 Å². The number of nitrogens with two attached hydrogens (primary N) is 1. The first kappa shape index (κ1) is 17.2. The molecule has 1 aromatic rings. The Morgan fingerprint density at radius 1 is 1.24 bits per heavy atom. The molecule has 118 valence electrons. The zero-order chi connectivity index (χ0) is 15.7. The van der Waals surface area contributed by atoms with Gasteiger partial charge in [-0.05, 0) is 40.9 Å². The van der Waals surface area contributed by atoms with Gasteiger partial charge in [0.25, 0.3) is 0 Å². The third-order valence-corrected chi connectivity index (χ3v) is 6.54. The summed E-state index contributed by atoms with van der Waals surface area (Å²) in [6, 6.07) is 3.16. The topological polar surface area (TPSA) is 92.4 Å². The molecule has 1 aliphatic rings. The minimum Gasteiger partial charge on any atom is -0.398 e. The quantitative estimate of drug-likeness (QED) is 0.626. The molecular weight excluding hydrogens is 424 g/mol. The second-order valence-corrected chi connectivity index (χ2v) is 8.89. The van der Waals surface area contributed by atoms with Crippen molar-refractivity contribution in [2.24, 2.45) is 0 Å². The molecule has 0 radical (unpaired) electrons. The van der Waals surface area contributed by atoms with Gasteiger partial charge in [-0.1, -0.05) is 35.2 Å². The predicted molar refractivity (Wildman–Crippen MR) is 89.5 cm³/mol. The van der Waals surface area contributed by atoms with Crippen molar-refractivity contribution in [3.05, 3.63) is 21.1 Å². The molecule has 4 N–H and O–H groups in total. The van der Waals surface area contributed by atoms with Crippen molar-refractivity contribution in [3.8, 4) is 0 Å². The van der Waals surface area contributed by atoms with Crippen LogP contribution in [0.25, 0.3) is 0 Å². The highest BCUT2D eigenvalue weighted by Crippen LogP contribution is 2.32. The molecule has 2 rings (SSSR count). The van der Waals surface area contributed by atoms with Crippen molar-refractivity contribution < 1.29 is 13.5 Å². The predicted octanol–water partition coefficient (Wildman–Crippen LogP) is 2.77. The van der Waals surface area contributed by atoms with Gasteiger partial charge in [-0.15, -0.1) is 0 Å². The maximum Gasteiger partial charge on any atom is 0.243 e. The lowest BCUT2D eigenvalue weighted by Gasteiger charge is -2.32. The molecule has 0 atom stereocenters. The van der Waals surface area contributed by atoms with Crippen LogP contribution in [0.5, 0.6) is 0 Å². The zero-order valence-corrected chi connectivity index (χ0v) is 15.4. The Morgan fingerprint density at radius 2 is 1.86 bits per heavy atom. The Hall–Kier alpha value is -0.150. The monoisotopic (exact) mass is 440 g/mol. The van der Waals surface area contributed by atoms with Gasteiger partial charge in [0.15, 0.2) is 0 Å². The fourth-order valence-electron chi connectivity index (χ4n) is 2.55. The van der Waals surface area contributed by atoms with E-state index in [1.54, 1.807) is 6.07 Å². The molecule has 1 fully saturated rings. The first-order valence-corrected chi connectivity index (χ1v) is 9.77. The third-order valence-electron chi connectivity index (χ3n) is 3.68. The Bertz CT molecular complexity index is 605. The van der Waals surface area contributed by atoms with Crippen molar-refractivity contribution in [1.29, 1.82) is 0 Å². The number of nitrogens with one attached hydrogen (secondary N) is 1. The molecule has 1 aromatic carbocycles. The smallest absolute Gasteiger partial charge is 0.243 e. The number of sulfonamides is 1. The Labute approximate surface area is 141 Å². The van der Waals surface area contributed by atoms with Gasteiger partial charge in [0.05, 0.1) is 11.3 Å². The molecule has 21 heavy (non-hydrogen) atoms. The number of hydrogen-bond acceptors (Lipinski definition) is 4. The summed E-state index contributed by atoms with van der Waals surface area (Å²) in [4.78, 5) is 0.00473. The van der Waals surface area contributed by atoms with E-state index in [-0.39, 0.29) is 17.1 Å². The lowest BCUT2D eigenvalue weighted by Crippen LogP contribution is -2.44. The number of nitrogen functional groups attached to an aromatic ring is 1. The van der Waals surface area contributed by atoms with Crippen molar-refractivity contribution in [2.45, 2.75) is 42.6 Å². The fourth-order valence-corrected chi connectivity index (χ4v) is 5.74. The summed E-state index contributed by atoms with van der Waals surface area (Å²) in [6.07, 6.45) is 4.16. The maximum atomic E-state index is 12.4. The van der Waals surface area contributed by atoms with Crippen LogP contribution in [0.2, 0.25) is 0 Å². The molecule has 0 aromatic heterocycles. The number of aliphatic hydroxyl groups is 1. The van der Waals surface area contributed by atoms with Gasteiger partial charge in [-0.2, -0.15) is 0 Å². The Balaban J connectivity index is 2.19. The SMILES string of the molecule is Nc1cc(Br)cc(Br)c1S(=O)(=O)NCC1(O)CCCCC1. The third kappa shape index (κ3) is 4.19. The van der Waals surface area contributed by atoms with E-state index in [4.69, 9.17) is 5.73 Å². The molecule has 1 saturated carbocycles. The van der Waals surface area contributed by atoms with E-state index in [2.05, 4.69) is 36.6 Å². The molecule has 0 amide bonds. The van der Waals surface area contributed by atoms with Crippen LogP contribution in [0, 0.1) is 0 Å². The van der Waals surface area contributed by atoms with Gasteiger partial charge in [0, 0.05) is 15.5 Å². The molecule has 0 saturated heterocycles. The van der Waals surface area contributed by atoms with Crippen LogP contribution in [-0.2, 0) is 10.0 Å². The summed E-state index contributed by atoms with van der Waals surface area (Å²) >= 11 is 6.48. The van der Waals surface area contributed by atoms with Crippen molar-refractivity contribution in [2.75, 3.05) is 12.3 Å². The molecule has 0 heterocycles. The Kier molecular flexibility index (Phi) is 5.36. The van der Waals surface area contributed by atoms with E-state index >= 15 is 0 Å². The maximum absolute atomic E-state index is 12.4. The van der Waals surface area contributed by atoms with Crippen LogP contribution in [-0.4, -0.2) is 25.7 Å². The zero-order valence-electron chi connectivity index (χ0n) is 11.4. The molecule has 0 spiro atoms. The number of benzene rings is 1. The van der Waals surface area contributed by atoms with E-state index in [1.807, 2.05) is 0 Å². The number of halogens is 2. The summed E-state index contributed by atoms with van der Waals surface area (Å²) in [5.41, 5.74) is 5.00. The first-order valence-electron chi connectivity index (χ1n) is 6.70. The molecule has 0 aliphatic heterocycles. The summed E-state index contributed by atoms with van der Waals surface area (Å²) < 4.78 is 28.4. The van der Waals surface area contributed by atoms with Crippen molar-refractivity contribution >= 4 is 47.6 Å². The van der Waals surface area contributed by atoms with Crippen LogP contribution in [0.3, 0.4) is 0 Å². The van der Waals surface area contributed by atoms with Gasteiger partial charge >= 0.3 is 0 Å². The highest BCUT2D eigenvalue weighted by molar-refractivity contribution is 9.11. The largest absolute Gasteiger partial charge is 0.398 e. The fraction of sp³-hybridized carbons (Fsp3) is 0.538. The molecule has 0 unspecified atom stereocenters. The van der Waals surface area contributed by atoms with Gasteiger partial charge in [-0.25, -0.2) is 13.1 Å². The van der Waals surface area contributed by atoms with Gasteiger partial charge in [0.2, 0.25) is 10.0 Å². The highest BCUT2D eigenvalue weighted by atomic mass is 79.9. The molecule has 0 bridgehead atoms. The van der Waals surface area contributed by atoms with Crippen LogP contribution in [0.1, 0.15) is 32.1 Å². The molecule has 1 aliphatic carbocycles. The number of anilines is 1. The number of hydrogen-bond donors (Lipinski definition) is 3. The van der Waals surface area contributed by atoms with Gasteiger partial charge in [-0.3, -0.25) is 0 Å². The lowest BCUT2D eigenvalue weighted by molar-refractivity contribution is 0.00945. The summed E-state index contributed by atoms with van der Waals surface area (Å²) in [6.45, 7) is 0.0112. The summed E-state index contributed by atoms with van der Waals surface area (Å²) in [5, 5.41) is 10.4. The van der Waals surface area contributed by atoms with E-state index in [0.29, 0.717) is 21.8 Å². The van der Waals surface area contributed by atoms with Crippen LogP contribution in [0.15, 0.2) is 26.0 Å². The van der Waals surface area contributed by atoms with Gasteiger partial charge in [0.1, 0.15) is 4.90 Å². The summed E-state index contributed by atoms with van der Waals surface area (Å²) in [7, 11) is -3.78. The van der Waals surface area contributed by atoms with Crippen LogP contribution in [0.4, 0.5) is 5.69 Å². The van der Waals surface area contributed by atoms with E-state index in [9.17, 15) is 13.5 Å². The Morgan fingerprint density at radius 3 is 2.43 bits per heavy atom. The van der Waals surface area contributed by atoms with Crippen LogP contribution < -0.4 is 10.5 Å². The van der Waals surface area contributed by atoms with Gasteiger partial charge < -0.3 is 10.8 Å². The average Bonchev–Trinajstić information content (AvgIpc) is 2.36. The number of rotatable bonds is 4. The first-order chi connectivity index (χ1) is 9.73. The molecule has 8 heteroatoms. The van der Waals surface area contributed by atoms with Crippen molar-refractivity contribution in [3.63, 3.8) is 0 Å². The summed E-state index contributed by atoms with van der Waals surface area (Å²) in [5.74, 6) is 0. The standard InChI is InChI=1S/C13H18Br2N2O3S/c14-9-6-10(15)12(11(16)7-9)21(19,20)17-8-13(18)4-2-1-3-5-13/h6-7,17-18H,1-5,8,16H2. The minimum atomic E-state index is -3.78. The molecular formula is C13H18Br2N2O3S. The second-order valence-electron chi connectivity index (χ2n) is 5.42. The normalized spacial score (nSPS) is 18.6. The lowest BCUT2D eigenvalue weighted by atomic mass is 9.85. The average molecular weight is 442 g/mol. The van der Waals surface area contributed by atoms with E-state index in [0.717, 1.165) is 19.3 Å². The van der Waals surface area contributed by atoms with E-state index < -0.39 is 15.6 Å². The van der Waals surface area contributed by atoms with E-state index in [1.165, 1.54) is 6.07 Å².